The monoisotopic (exact) mass is 369 g/mol. The van der Waals surface area contributed by atoms with Crippen molar-refractivity contribution in [3.8, 4) is 16.8 Å². The lowest BCUT2D eigenvalue weighted by atomic mass is 9.98. The maximum Gasteiger partial charge on any atom is 0.222 e. The largest absolute Gasteiger partial charge is 0.310 e. The van der Waals surface area contributed by atoms with Crippen LogP contribution in [-0.4, -0.2) is 15.7 Å². The van der Waals surface area contributed by atoms with E-state index in [0.717, 1.165) is 22.0 Å². The van der Waals surface area contributed by atoms with Crippen molar-refractivity contribution in [3.63, 3.8) is 0 Å². The molecule has 4 aromatic rings. The number of benzene rings is 3. The first-order valence-corrected chi connectivity index (χ1v) is 9.01. The van der Waals surface area contributed by atoms with Crippen molar-refractivity contribution < 1.29 is 4.79 Å². The molecule has 28 heavy (non-hydrogen) atoms. The number of anilines is 1. The van der Waals surface area contributed by atoms with Gasteiger partial charge in [0.2, 0.25) is 11.3 Å². The summed E-state index contributed by atoms with van der Waals surface area (Å²) in [5.74, 6) is 0.0990. The van der Waals surface area contributed by atoms with E-state index in [9.17, 15) is 9.59 Å². The fraction of sp³-hybridized carbons (Fsp3) is 0.0870. The second-order valence-corrected chi connectivity index (χ2v) is 6.59. The number of hydrogen-bond donors (Lipinski definition) is 1. The molecule has 0 unspecified atom stereocenters. The second-order valence-electron chi connectivity index (χ2n) is 6.59. The van der Waals surface area contributed by atoms with Crippen LogP contribution in [0.3, 0.4) is 0 Å². The van der Waals surface area contributed by atoms with Gasteiger partial charge in [-0.3, -0.25) is 9.59 Å². The first-order valence-electron chi connectivity index (χ1n) is 9.01. The van der Waals surface area contributed by atoms with Crippen LogP contribution in [0.1, 0.15) is 12.6 Å². The maximum atomic E-state index is 13.2. The maximum absolute atomic E-state index is 13.2. The lowest BCUT2D eigenvalue weighted by molar-refractivity contribution is -0.114. The minimum atomic E-state index is -0.267. The summed E-state index contributed by atoms with van der Waals surface area (Å²) in [5.41, 5.74) is 2.12. The average Bonchev–Trinajstić information content (AvgIpc) is 2.71. The Morgan fingerprint density at radius 1 is 0.929 bits per heavy atom. The molecule has 0 radical (unpaired) electrons. The van der Waals surface area contributed by atoms with Crippen molar-refractivity contribution in [3.05, 3.63) is 88.7 Å². The van der Waals surface area contributed by atoms with Gasteiger partial charge in [-0.25, -0.2) is 4.68 Å². The number of fused-ring (bicyclic) bond motifs is 1. The minimum Gasteiger partial charge on any atom is -0.310 e. The molecule has 1 amide bonds. The van der Waals surface area contributed by atoms with Gasteiger partial charge in [-0.1, -0.05) is 60.7 Å². The molecule has 0 aliphatic rings. The van der Waals surface area contributed by atoms with Gasteiger partial charge in [0.25, 0.3) is 0 Å². The highest BCUT2D eigenvalue weighted by Crippen LogP contribution is 2.32. The zero-order valence-corrected chi connectivity index (χ0v) is 15.6. The summed E-state index contributed by atoms with van der Waals surface area (Å²) in [4.78, 5) is 25.2. The van der Waals surface area contributed by atoms with E-state index < -0.39 is 0 Å². The third-order valence-electron chi connectivity index (χ3n) is 4.61. The van der Waals surface area contributed by atoms with Gasteiger partial charge in [0.1, 0.15) is 11.5 Å². The van der Waals surface area contributed by atoms with Crippen molar-refractivity contribution in [1.82, 2.24) is 9.78 Å². The number of amides is 1. The normalized spacial score (nSPS) is 10.8. The van der Waals surface area contributed by atoms with E-state index >= 15 is 0 Å². The molecule has 5 nitrogen and oxygen atoms in total. The Morgan fingerprint density at radius 2 is 1.61 bits per heavy atom. The summed E-state index contributed by atoms with van der Waals surface area (Å²) in [6.07, 6.45) is 0. The Morgan fingerprint density at radius 3 is 2.36 bits per heavy atom. The summed E-state index contributed by atoms with van der Waals surface area (Å²) >= 11 is 0. The van der Waals surface area contributed by atoms with Gasteiger partial charge in [0, 0.05) is 6.92 Å². The van der Waals surface area contributed by atoms with Crippen molar-refractivity contribution in [2.75, 3.05) is 5.32 Å². The molecule has 1 N–H and O–H groups in total. The molecule has 0 aliphatic carbocycles. The van der Waals surface area contributed by atoms with Crippen LogP contribution in [-0.2, 0) is 4.79 Å². The van der Waals surface area contributed by atoms with Crippen LogP contribution in [0, 0.1) is 6.92 Å². The van der Waals surface area contributed by atoms with E-state index in [4.69, 9.17) is 0 Å². The number of aryl methyl sites for hydroxylation is 1. The molecule has 0 atom stereocenters. The Labute approximate surface area is 162 Å². The van der Waals surface area contributed by atoms with E-state index in [0.29, 0.717) is 17.1 Å². The first kappa shape index (κ1) is 17.7. The SMILES string of the molecule is CC(=O)Nc1c(-c2cccc3ccccc23)c(=O)c(C)nn1-c1ccccc1. The third kappa shape index (κ3) is 3.07. The van der Waals surface area contributed by atoms with Gasteiger partial charge in [-0.2, -0.15) is 5.10 Å². The number of carbonyl (C=O) groups excluding carboxylic acids is 1. The smallest absolute Gasteiger partial charge is 0.222 e. The highest BCUT2D eigenvalue weighted by molar-refractivity contribution is 6.01. The van der Waals surface area contributed by atoms with Crippen LogP contribution in [0.4, 0.5) is 5.82 Å². The van der Waals surface area contributed by atoms with E-state index in [1.807, 2.05) is 72.8 Å². The average molecular weight is 369 g/mol. The van der Waals surface area contributed by atoms with Crippen LogP contribution < -0.4 is 10.7 Å². The molecule has 1 heterocycles. The topological polar surface area (TPSA) is 64.0 Å². The minimum absolute atomic E-state index is 0.202. The summed E-state index contributed by atoms with van der Waals surface area (Å²) in [5, 5.41) is 9.25. The molecular weight excluding hydrogens is 350 g/mol. The number of rotatable bonds is 3. The molecule has 0 spiro atoms. The summed E-state index contributed by atoms with van der Waals surface area (Å²) in [6.45, 7) is 3.11. The standard InChI is InChI=1S/C23H19N3O2/c1-15-22(28)21(20-14-8-10-17-9-6-7-13-19(17)20)23(24-16(2)27)26(25-15)18-11-4-3-5-12-18/h3-14H,1-2H3,(H,24,27). The molecule has 1 aromatic heterocycles. The summed E-state index contributed by atoms with van der Waals surface area (Å²) in [7, 11) is 0. The Hall–Kier alpha value is -3.73. The van der Waals surface area contributed by atoms with Crippen LogP contribution in [0.2, 0.25) is 0 Å². The number of nitrogens with zero attached hydrogens (tertiary/aromatic N) is 2. The zero-order chi connectivity index (χ0) is 19.7. The predicted octanol–water partition coefficient (Wildman–Crippen LogP) is 4.32. The number of carbonyl (C=O) groups is 1. The molecule has 138 valence electrons. The highest BCUT2D eigenvalue weighted by atomic mass is 16.1. The number of hydrogen-bond acceptors (Lipinski definition) is 3. The second kappa shape index (κ2) is 7.12. The molecule has 3 aromatic carbocycles. The van der Waals surface area contributed by atoms with Crippen molar-refractivity contribution >= 4 is 22.5 Å². The van der Waals surface area contributed by atoms with Gasteiger partial charge >= 0.3 is 0 Å². The molecule has 0 saturated heterocycles. The van der Waals surface area contributed by atoms with Crippen LogP contribution in [0.15, 0.2) is 77.6 Å². The molecule has 0 aliphatic heterocycles. The number of aromatic nitrogens is 2. The molecule has 4 rings (SSSR count). The summed E-state index contributed by atoms with van der Waals surface area (Å²) in [6, 6.07) is 23.1. The Kier molecular flexibility index (Phi) is 4.49. The molecule has 0 saturated carbocycles. The third-order valence-corrected chi connectivity index (χ3v) is 4.61. The zero-order valence-electron chi connectivity index (χ0n) is 15.6. The van der Waals surface area contributed by atoms with Crippen LogP contribution >= 0.6 is 0 Å². The van der Waals surface area contributed by atoms with Gasteiger partial charge in [0.15, 0.2) is 0 Å². The van der Waals surface area contributed by atoms with E-state index in [2.05, 4.69) is 10.4 Å². The molecular formula is C23H19N3O2. The lowest BCUT2D eigenvalue weighted by Crippen LogP contribution is -2.23. The lowest BCUT2D eigenvalue weighted by Gasteiger charge is -2.18. The van der Waals surface area contributed by atoms with Gasteiger partial charge < -0.3 is 5.32 Å². The van der Waals surface area contributed by atoms with Crippen molar-refractivity contribution in [2.24, 2.45) is 0 Å². The van der Waals surface area contributed by atoms with Gasteiger partial charge in [0.05, 0.1) is 11.3 Å². The fourth-order valence-electron chi connectivity index (χ4n) is 3.37. The number of para-hydroxylation sites is 1. The molecule has 0 bridgehead atoms. The molecule has 0 fully saturated rings. The molecule has 5 heteroatoms. The Bertz CT molecular complexity index is 1240. The highest BCUT2D eigenvalue weighted by Gasteiger charge is 2.20. The van der Waals surface area contributed by atoms with Gasteiger partial charge in [-0.05, 0) is 35.4 Å². The fourth-order valence-corrected chi connectivity index (χ4v) is 3.37. The van der Waals surface area contributed by atoms with E-state index in [-0.39, 0.29) is 11.3 Å². The quantitative estimate of drug-likeness (QED) is 0.585. The van der Waals surface area contributed by atoms with Crippen molar-refractivity contribution in [1.29, 1.82) is 0 Å². The summed E-state index contributed by atoms with van der Waals surface area (Å²) < 4.78 is 1.62. The van der Waals surface area contributed by atoms with E-state index in [1.54, 1.807) is 11.6 Å². The number of nitrogens with one attached hydrogen (secondary N) is 1. The van der Waals surface area contributed by atoms with Crippen molar-refractivity contribution in [2.45, 2.75) is 13.8 Å². The van der Waals surface area contributed by atoms with E-state index in [1.165, 1.54) is 6.92 Å². The van der Waals surface area contributed by atoms with Crippen LogP contribution in [0.5, 0.6) is 0 Å². The Balaban J connectivity index is 2.13. The first-order chi connectivity index (χ1) is 13.6. The predicted molar refractivity (Wildman–Crippen MR) is 112 cm³/mol. The van der Waals surface area contributed by atoms with Crippen LogP contribution in [0.25, 0.3) is 27.6 Å². The van der Waals surface area contributed by atoms with Gasteiger partial charge in [-0.15, -0.1) is 0 Å².